The number of carbonyl (C=O) groups is 1. The highest BCUT2D eigenvalue weighted by atomic mass is 16.1. The van der Waals surface area contributed by atoms with E-state index in [9.17, 15) is 4.79 Å². The third kappa shape index (κ3) is 3.38. The van der Waals surface area contributed by atoms with Crippen LogP contribution in [0.5, 0.6) is 0 Å². The molecule has 0 aliphatic heterocycles. The lowest BCUT2D eigenvalue weighted by molar-refractivity contribution is 0.0946. The summed E-state index contributed by atoms with van der Waals surface area (Å²) >= 11 is 0. The summed E-state index contributed by atoms with van der Waals surface area (Å²) in [6, 6.07) is 7.49. The van der Waals surface area contributed by atoms with E-state index >= 15 is 0 Å². The fraction of sp³-hybridized carbons (Fsp3) is 0.471. The number of anilines is 1. The van der Waals surface area contributed by atoms with Crippen molar-refractivity contribution in [1.29, 1.82) is 0 Å². The van der Waals surface area contributed by atoms with E-state index in [1.54, 1.807) is 0 Å². The van der Waals surface area contributed by atoms with Gasteiger partial charge in [0.05, 0.1) is 0 Å². The van der Waals surface area contributed by atoms with Gasteiger partial charge in [0.1, 0.15) is 5.69 Å². The van der Waals surface area contributed by atoms with Gasteiger partial charge in [0.2, 0.25) is 0 Å². The van der Waals surface area contributed by atoms with Gasteiger partial charge in [-0.3, -0.25) is 4.79 Å². The van der Waals surface area contributed by atoms with E-state index in [0.29, 0.717) is 11.4 Å². The second-order valence-electron chi connectivity index (χ2n) is 6.08. The zero-order chi connectivity index (χ0) is 14.7. The lowest BCUT2D eigenvalue weighted by atomic mass is 9.87. The zero-order valence-corrected chi connectivity index (χ0v) is 12.3. The van der Waals surface area contributed by atoms with Gasteiger partial charge in [0, 0.05) is 23.1 Å². The Labute approximate surface area is 125 Å². The van der Waals surface area contributed by atoms with Crippen molar-refractivity contribution in [3.63, 3.8) is 0 Å². The van der Waals surface area contributed by atoms with Gasteiger partial charge in [-0.25, -0.2) is 0 Å². The van der Waals surface area contributed by atoms with Gasteiger partial charge in [-0.15, -0.1) is 0 Å². The van der Waals surface area contributed by atoms with Crippen LogP contribution < -0.4 is 11.1 Å². The van der Waals surface area contributed by atoms with Crippen molar-refractivity contribution >= 4 is 22.5 Å². The topological polar surface area (TPSA) is 70.9 Å². The maximum atomic E-state index is 12.2. The van der Waals surface area contributed by atoms with Gasteiger partial charge in [-0.1, -0.05) is 32.1 Å². The summed E-state index contributed by atoms with van der Waals surface area (Å²) in [6.45, 7) is 0.765. The molecule has 1 aromatic carbocycles. The molecule has 1 fully saturated rings. The quantitative estimate of drug-likeness (QED) is 0.753. The Bertz CT molecular complexity index is 626. The van der Waals surface area contributed by atoms with Crippen LogP contribution in [0.3, 0.4) is 0 Å². The van der Waals surface area contributed by atoms with Crippen LogP contribution in [-0.2, 0) is 0 Å². The van der Waals surface area contributed by atoms with E-state index in [4.69, 9.17) is 5.73 Å². The molecule has 0 spiro atoms. The Kier molecular flexibility index (Phi) is 4.13. The first-order valence-electron chi connectivity index (χ1n) is 7.89. The minimum absolute atomic E-state index is 0.0272. The van der Waals surface area contributed by atoms with Crippen molar-refractivity contribution in [3.8, 4) is 0 Å². The molecular formula is C17H23N3O. The number of hydrogen-bond donors (Lipinski definition) is 3. The summed E-state index contributed by atoms with van der Waals surface area (Å²) in [6.07, 6.45) is 7.81. The van der Waals surface area contributed by atoms with Gasteiger partial charge < -0.3 is 16.0 Å². The number of amides is 1. The number of nitrogen functional groups attached to an aromatic ring is 1. The van der Waals surface area contributed by atoms with Crippen molar-refractivity contribution in [2.75, 3.05) is 12.3 Å². The van der Waals surface area contributed by atoms with E-state index in [1.807, 2.05) is 24.3 Å². The molecule has 0 saturated heterocycles. The largest absolute Gasteiger partial charge is 0.399 e. The minimum atomic E-state index is -0.0272. The Hall–Kier alpha value is -1.97. The highest BCUT2D eigenvalue weighted by Crippen LogP contribution is 2.25. The number of benzene rings is 1. The second-order valence-corrected chi connectivity index (χ2v) is 6.08. The van der Waals surface area contributed by atoms with E-state index in [-0.39, 0.29) is 5.91 Å². The molecule has 0 unspecified atom stereocenters. The molecule has 1 aliphatic rings. The first-order chi connectivity index (χ1) is 10.2. The standard InChI is InChI=1S/C17H23N3O/c18-14-6-7-15-13(10-14)11-16(20-15)17(21)19-9-8-12-4-2-1-3-5-12/h6-7,10-12,20H,1-5,8-9,18H2,(H,19,21). The van der Waals surface area contributed by atoms with Gasteiger partial charge in [-0.05, 0) is 36.6 Å². The number of fused-ring (bicyclic) bond motifs is 1. The van der Waals surface area contributed by atoms with Crippen molar-refractivity contribution in [2.45, 2.75) is 38.5 Å². The Morgan fingerprint density at radius 3 is 2.86 bits per heavy atom. The predicted octanol–water partition coefficient (Wildman–Crippen LogP) is 3.45. The van der Waals surface area contributed by atoms with Crippen molar-refractivity contribution in [2.24, 2.45) is 5.92 Å². The number of aromatic amines is 1. The van der Waals surface area contributed by atoms with Crippen LogP contribution >= 0.6 is 0 Å². The summed E-state index contributed by atoms with van der Waals surface area (Å²) in [5.41, 5.74) is 8.03. The number of carbonyl (C=O) groups excluding carboxylic acids is 1. The predicted molar refractivity (Wildman–Crippen MR) is 86.2 cm³/mol. The number of nitrogens with two attached hydrogens (primary N) is 1. The monoisotopic (exact) mass is 285 g/mol. The van der Waals surface area contributed by atoms with Crippen LogP contribution in [0.2, 0.25) is 0 Å². The fourth-order valence-electron chi connectivity index (χ4n) is 3.23. The highest BCUT2D eigenvalue weighted by Gasteiger charge is 2.14. The molecule has 112 valence electrons. The molecule has 4 nitrogen and oxygen atoms in total. The molecule has 4 N–H and O–H groups in total. The summed E-state index contributed by atoms with van der Waals surface area (Å²) < 4.78 is 0. The highest BCUT2D eigenvalue weighted by molar-refractivity contribution is 5.98. The normalized spacial score (nSPS) is 16.2. The molecule has 1 aromatic heterocycles. The number of H-pyrrole nitrogens is 1. The zero-order valence-electron chi connectivity index (χ0n) is 12.3. The van der Waals surface area contributed by atoms with Gasteiger partial charge in [0.25, 0.3) is 5.91 Å². The summed E-state index contributed by atoms with van der Waals surface area (Å²) in [4.78, 5) is 15.3. The molecule has 2 aromatic rings. The van der Waals surface area contributed by atoms with E-state index < -0.39 is 0 Å². The molecule has 1 saturated carbocycles. The lowest BCUT2D eigenvalue weighted by Crippen LogP contribution is -2.26. The fourth-order valence-corrected chi connectivity index (χ4v) is 3.23. The molecule has 0 bridgehead atoms. The van der Waals surface area contributed by atoms with Gasteiger partial charge in [-0.2, -0.15) is 0 Å². The van der Waals surface area contributed by atoms with Crippen LogP contribution in [0.15, 0.2) is 24.3 Å². The first kappa shape index (κ1) is 14.0. The Morgan fingerprint density at radius 1 is 1.24 bits per heavy atom. The smallest absolute Gasteiger partial charge is 0.267 e. The molecule has 1 heterocycles. The van der Waals surface area contributed by atoms with E-state index in [1.165, 1.54) is 32.1 Å². The molecule has 0 radical (unpaired) electrons. The Morgan fingerprint density at radius 2 is 2.05 bits per heavy atom. The summed E-state index contributed by atoms with van der Waals surface area (Å²) in [5.74, 6) is 0.766. The van der Waals surface area contributed by atoms with E-state index in [0.717, 1.165) is 29.8 Å². The Balaban J connectivity index is 1.56. The van der Waals surface area contributed by atoms with Crippen LogP contribution in [0.25, 0.3) is 10.9 Å². The lowest BCUT2D eigenvalue weighted by Gasteiger charge is -2.21. The summed E-state index contributed by atoms with van der Waals surface area (Å²) in [7, 11) is 0. The number of aromatic nitrogens is 1. The van der Waals surface area contributed by atoms with Gasteiger partial charge >= 0.3 is 0 Å². The van der Waals surface area contributed by atoms with Crippen LogP contribution in [-0.4, -0.2) is 17.4 Å². The molecular weight excluding hydrogens is 262 g/mol. The molecule has 1 aliphatic carbocycles. The van der Waals surface area contributed by atoms with Crippen LogP contribution in [0, 0.1) is 5.92 Å². The number of rotatable bonds is 4. The maximum absolute atomic E-state index is 12.2. The average Bonchev–Trinajstić information content (AvgIpc) is 2.91. The molecule has 21 heavy (non-hydrogen) atoms. The van der Waals surface area contributed by atoms with E-state index in [2.05, 4.69) is 10.3 Å². The molecule has 1 amide bonds. The molecule has 4 heteroatoms. The third-order valence-corrected chi connectivity index (χ3v) is 4.45. The second kappa shape index (κ2) is 6.20. The maximum Gasteiger partial charge on any atom is 0.267 e. The van der Waals surface area contributed by atoms with Gasteiger partial charge in [0.15, 0.2) is 0 Å². The number of nitrogens with one attached hydrogen (secondary N) is 2. The van der Waals surface area contributed by atoms with Crippen molar-refractivity contribution < 1.29 is 4.79 Å². The van der Waals surface area contributed by atoms with Crippen molar-refractivity contribution in [3.05, 3.63) is 30.0 Å². The summed E-state index contributed by atoms with van der Waals surface area (Å²) in [5, 5.41) is 4.00. The van der Waals surface area contributed by atoms with Crippen LogP contribution in [0.4, 0.5) is 5.69 Å². The molecule has 0 atom stereocenters. The third-order valence-electron chi connectivity index (χ3n) is 4.45. The van der Waals surface area contributed by atoms with Crippen LogP contribution in [0.1, 0.15) is 49.0 Å². The number of hydrogen-bond acceptors (Lipinski definition) is 2. The SMILES string of the molecule is Nc1ccc2[nH]c(C(=O)NCCC3CCCCC3)cc2c1. The first-order valence-corrected chi connectivity index (χ1v) is 7.89. The molecule has 3 rings (SSSR count). The van der Waals surface area contributed by atoms with Crippen molar-refractivity contribution in [1.82, 2.24) is 10.3 Å². The minimum Gasteiger partial charge on any atom is -0.399 e. The average molecular weight is 285 g/mol.